The molecule has 0 radical (unpaired) electrons. The van der Waals surface area contributed by atoms with E-state index in [0.717, 1.165) is 0 Å². The summed E-state index contributed by atoms with van der Waals surface area (Å²) in [6.45, 7) is 1.77. The second-order valence-corrected chi connectivity index (χ2v) is 6.61. The van der Waals surface area contributed by atoms with Crippen molar-refractivity contribution in [3.8, 4) is 6.07 Å². The third kappa shape index (κ3) is 5.94. The summed E-state index contributed by atoms with van der Waals surface area (Å²) >= 11 is 0. The Morgan fingerprint density at radius 2 is 2.10 bits per heavy atom. The first-order chi connectivity index (χ1) is 9.85. The molecule has 0 saturated carbocycles. The van der Waals surface area contributed by atoms with Gasteiger partial charge in [-0.1, -0.05) is 25.1 Å². The monoisotopic (exact) mass is 310 g/mol. The van der Waals surface area contributed by atoms with Gasteiger partial charge in [-0.15, -0.1) is 0 Å². The van der Waals surface area contributed by atoms with E-state index in [2.05, 4.69) is 4.72 Å². The largest absolute Gasteiger partial charge is 0.481 e. The number of carboxylic acids is 1. The highest BCUT2D eigenvalue weighted by atomic mass is 32.2. The van der Waals surface area contributed by atoms with E-state index in [9.17, 15) is 13.2 Å². The standard InChI is InChI=1S/C14H18N2O4S/c1-11(14(17)18)5-4-8-16-21(19,20)10-13-7-3-2-6-12(13)9-15/h2-3,6-7,11,16H,4-5,8,10H2,1H3,(H,17,18). The molecule has 0 bridgehead atoms. The Morgan fingerprint density at radius 1 is 1.43 bits per heavy atom. The Kier molecular flexibility index (Phi) is 6.34. The number of hydrogen-bond acceptors (Lipinski definition) is 4. The Hall–Kier alpha value is -1.91. The molecule has 1 rings (SSSR count). The van der Waals surface area contributed by atoms with Gasteiger partial charge in [-0.25, -0.2) is 13.1 Å². The van der Waals surface area contributed by atoms with Gasteiger partial charge in [0.25, 0.3) is 0 Å². The summed E-state index contributed by atoms with van der Waals surface area (Å²) in [4.78, 5) is 10.6. The first-order valence-corrected chi connectivity index (χ1v) is 8.19. The fourth-order valence-electron chi connectivity index (χ4n) is 1.77. The third-order valence-corrected chi connectivity index (χ3v) is 4.38. The van der Waals surface area contributed by atoms with Crippen LogP contribution in [0.3, 0.4) is 0 Å². The quantitative estimate of drug-likeness (QED) is 0.707. The van der Waals surface area contributed by atoms with Crippen molar-refractivity contribution in [1.29, 1.82) is 5.26 Å². The van der Waals surface area contributed by atoms with Crippen LogP contribution in [0, 0.1) is 17.2 Å². The fraction of sp³-hybridized carbons (Fsp3) is 0.429. The molecular formula is C14H18N2O4S. The molecule has 0 saturated heterocycles. The average Bonchev–Trinajstić information content (AvgIpc) is 2.43. The van der Waals surface area contributed by atoms with E-state index in [1.807, 2.05) is 6.07 Å². The highest BCUT2D eigenvalue weighted by Gasteiger charge is 2.15. The van der Waals surface area contributed by atoms with Crippen molar-refractivity contribution >= 4 is 16.0 Å². The summed E-state index contributed by atoms with van der Waals surface area (Å²) in [5.41, 5.74) is 0.786. The molecule has 21 heavy (non-hydrogen) atoms. The van der Waals surface area contributed by atoms with Gasteiger partial charge < -0.3 is 5.11 Å². The predicted molar refractivity (Wildman–Crippen MR) is 77.8 cm³/mol. The van der Waals surface area contributed by atoms with Crippen LogP contribution in [0.1, 0.15) is 30.9 Å². The molecule has 0 heterocycles. The molecule has 2 N–H and O–H groups in total. The van der Waals surface area contributed by atoms with E-state index in [1.54, 1.807) is 31.2 Å². The first-order valence-electron chi connectivity index (χ1n) is 6.54. The summed E-state index contributed by atoms with van der Waals surface area (Å²) in [6.07, 6.45) is 0.860. The van der Waals surface area contributed by atoms with Crippen LogP contribution in [-0.2, 0) is 20.6 Å². The summed E-state index contributed by atoms with van der Waals surface area (Å²) in [7, 11) is -3.53. The Balaban J connectivity index is 2.51. The van der Waals surface area contributed by atoms with Crippen LogP contribution in [0.15, 0.2) is 24.3 Å². The Morgan fingerprint density at radius 3 is 2.71 bits per heavy atom. The van der Waals surface area contributed by atoms with Crippen LogP contribution in [0.25, 0.3) is 0 Å². The van der Waals surface area contributed by atoms with E-state index in [0.29, 0.717) is 24.0 Å². The fourth-order valence-corrected chi connectivity index (χ4v) is 2.99. The maximum Gasteiger partial charge on any atom is 0.306 e. The van der Waals surface area contributed by atoms with Gasteiger partial charge >= 0.3 is 5.97 Å². The van der Waals surface area contributed by atoms with E-state index < -0.39 is 21.9 Å². The zero-order chi connectivity index (χ0) is 15.9. The molecule has 0 amide bonds. The first kappa shape index (κ1) is 17.1. The zero-order valence-electron chi connectivity index (χ0n) is 11.7. The van der Waals surface area contributed by atoms with Crippen molar-refractivity contribution in [3.05, 3.63) is 35.4 Å². The molecule has 1 unspecified atom stereocenters. The number of nitrogens with one attached hydrogen (secondary N) is 1. The minimum absolute atomic E-state index is 0.189. The topological polar surface area (TPSA) is 107 Å². The molecule has 0 aromatic heterocycles. The summed E-state index contributed by atoms with van der Waals surface area (Å²) < 4.78 is 26.2. The van der Waals surface area contributed by atoms with Crippen LogP contribution >= 0.6 is 0 Å². The number of sulfonamides is 1. The second-order valence-electron chi connectivity index (χ2n) is 4.80. The molecule has 1 aromatic carbocycles. The van der Waals surface area contributed by atoms with Crippen molar-refractivity contribution in [2.24, 2.45) is 5.92 Å². The van der Waals surface area contributed by atoms with E-state index >= 15 is 0 Å². The van der Waals surface area contributed by atoms with Gasteiger partial charge in [-0.2, -0.15) is 5.26 Å². The van der Waals surface area contributed by atoms with Crippen LogP contribution in [-0.4, -0.2) is 26.0 Å². The highest BCUT2D eigenvalue weighted by Crippen LogP contribution is 2.11. The molecule has 7 heteroatoms. The van der Waals surface area contributed by atoms with Crippen molar-refractivity contribution in [2.45, 2.75) is 25.5 Å². The summed E-state index contributed by atoms with van der Waals surface area (Å²) in [6, 6.07) is 8.48. The molecule has 114 valence electrons. The van der Waals surface area contributed by atoms with Gasteiger partial charge in [-0.3, -0.25) is 4.79 Å². The van der Waals surface area contributed by atoms with Crippen molar-refractivity contribution in [2.75, 3.05) is 6.54 Å². The molecule has 1 atom stereocenters. The number of carbonyl (C=O) groups is 1. The maximum absolute atomic E-state index is 11.9. The van der Waals surface area contributed by atoms with Gasteiger partial charge in [0.05, 0.1) is 23.3 Å². The van der Waals surface area contributed by atoms with Gasteiger partial charge in [0.2, 0.25) is 10.0 Å². The molecule has 0 fully saturated rings. The molecule has 6 nitrogen and oxygen atoms in total. The minimum Gasteiger partial charge on any atom is -0.481 e. The minimum atomic E-state index is -3.53. The zero-order valence-corrected chi connectivity index (χ0v) is 12.6. The van der Waals surface area contributed by atoms with E-state index in [1.165, 1.54) is 0 Å². The normalized spacial score (nSPS) is 12.6. The number of nitriles is 1. The molecule has 1 aromatic rings. The lowest BCUT2D eigenvalue weighted by Crippen LogP contribution is -2.27. The molecule has 0 aliphatic heterocycles. The van der Waals surface area contributed by atoms with Crippen LogP contribution in [0.2, 0.25) is 0 Å². The van der Waals surface area contributed by atoms with Gasteiger partial charge in [0.15, 0.2) is 0 Å². The van der Waals surface area contributed by atoms with Gasteiger partial charge in [0.1, 0.15) is 0 Å². The highest BCUT2D eigenvalue weighted by molar-refractivity contribution is 7.88. The van der Waals surface area contributed by atoms with Crippen molar-refractivity contribution < 1.29 is 18.3 Å². The maximum atomic E-state index is 11.9. The molecule has 0 aliphatic rings. The van der Waals surface area contributed by atoms with Crippen LogP contribution in [0.5, 0.6) is 0 Å². The summed E-state index contributed by atoms with van der Waals surface area (Å²) in [5.74, 6) is -1.64. The lowest BCUT2D eigenvalue weighted by atomic mass is 10.1. The smallest absolute Gasteiger partial charge is 0.306 e. The SMILES string of the molecule is CC(CCCNS(=O)(=O)Cc1ccccc1C#N)C(=O)O. The number of benzene rings is 1. The number of rotatable bonds is 8. The van der Waals surface area contributed by atoms with E-state index in [4.69, 9.17) is 10.4 Å². The van der Waals surface area contributed by atoms with Gasteiger partial charge in [0, 0.05) is 6.54 Å². The predicted octanol–water partition coefficient (Wildman–Crippen LogP) is 1.48. The number of aliphatic carboxylic acids is 1. The molecule has 0 aliphatic carbocycles. The van der Waals surface area contributed by atoms with Crippen molar-refractivity contribution in [1.82, 2.24) is 4.72 Å². The van der Waals surface area contributed by atoms with Crippen LogP contribution < -0.4 is 4.72 Å². The summed E-state index contributed by atoms with van der Waals surface area (Å²) in [5, 5.41) is 17.6. The lowest BCUT2D eigenvalue weighted by molar-refractivity contribution is -0.141. The number of hydrogen-bond donors (Lipinski definition) is 2. The molecule has 0 spiro atoms. The van der Waals surface area contributed by atoms with E-state index in [-0.39, 0.29) is 12.3 Å². The number of carboxylic acid groups (broad SMARTS) is 1. The Labute approximate surface area is 124 Å². The molecular weight excluding hydrogens is 292 g/mol. The third-order valence-electron chi connectivity index (χ3n) is 3.04. The van der Waals surface area contributed by atoms with Crippen LogP contribution in [0.4, 0.5) is 0 Å². The average molecular weight is 310 g/mol. The van der Waals surface area contributed by atoms with Gasteiger partial charge in [-0.05, 0) is 24.5 Å². The lowest BCUT2D eigenvalue weighted by Gasteiger charge is -2.09. The number of nitrogens with zero attached hydrogens (tertiary/aromatic N) is 1. The second kappa shape index (κ2) is 7.76. The van der Waals surface area contributed by atoms with Crippen molar-refractivity contribution in [3.63, 3.8) is 0 Å². The Bertz CT molecular complexity index is 635.